The smallest absolute Gasteiger partial charge is 0.123 e. The Morgan fingerprint density at radius 3 is 2.67 bits per heavy atom. The Bertz CT molecular complexity index is 152. The van der Waals surface area contributed by atoms with Gasteiger partial charge < -0.3 is 9.53 Å². The van der Waals surface area contributed by atoms with Crippen molar-refractivity contribution in [3.05, 3.63) is 0 Å². The van der Waals surface area contributed by atoms with Crippen LogP contribution in [0.25, 0.3) is 0 Å². The zero-order chi connectivity index (χ0) is 9.14. The molecule has 0 aromatic rings. The minimum atomic E-state index is 0.323. The molecule has 1 aliphatic rings. The standard InChI is InChI=1S/C10H18O2/c1-4-10(12-3)7(2)9-5-8(9)6-11/h6-10H,4-5H2,1-3H3/t7-,8+,9+,10-/m0/s1. The molecule has 1 fully saturated rings. The first-order valence-electron chi connectivity index (χ1n) is 4.72. The van der Waals surface area contributed by atoms with E-state index >= 15 is 0 Å². The molecule has 0 radical (unpaired) electrons. The summed E-state index contributed by atoms with van der Waals surface area (Å²) >= 11 is 0. The highest BCUT2D eigenvalue weighted by atomic mass is 16.5. The molecule has 0 aliphatic heterocycles. The van der Waals surface area contributed by atoms with E-state index in [0.717, 1.165) is 19.1 Å². The van der Waals surface area contributed by atoms with Gasteiger partial charge >= 0.3 is 0 Å². The van der Waals surface area contributed by atoms with Gasteiger partial charge in [0.25, 0.3) is 0 Å². The molecule has 0 aromatic carbocycles. The molecule has 2 heteroatoms. The number of rotatable bonds is 5. The molecule has 70 valence electrons. The Kier molecular flexibility index (Phi) is 3.27. The summed E-state index contributed by atoms with van der Waals surface area (Å²) in [5.74, 6) is 1.45. The molecule has 0 amide bonds. The van der Waals surface area contributed by atoms with Crippen LogP contribution in [-0.4, -0.2) is 19.5 Å². The van der Waals surface area contributed by atoms with Crippen LogP contribution in [-0.2, 0) is 9.53 Å². The van der Waals surface area contributed by atoms with Gasteiger partial charge in [-0.1, -0.05) is 13.8 Å². The topological polar surface area (TPSA) is 26.3 Å². The lowest BCUT2D eigenvalue weighted by atomic mass is 9.96. The maximum atomic E-state index is 10.4. The van der Waals surface area contributed by atoms with Crippen LogP contribution in [0.2, 0.25) is 0 Å². The van der Waals surface area contributed by atoms with Crippen LogP contribution in [0, 0.1) is 17.8 Å². The Morgan fingerprint density at radius 2 is 2.33 bits per heavy atom. The van der Waals surface area contributed by atoms with Crippen LogP contribution in [0.4, 0.5) is 0 Å². The molecule has 1 aliphatic carbocycles. The predicted molar refractivity (Wildman–Crippen MR) is 47.9 cm³/mol. The van der Waals surface area contributed by atoms with Gasteiger partial charge in [-0.05, 0) is 24.7 Å². The summed E-state index contributed by atoms with van der Waals surface area (Å²) in [5, 5.41) is 0. The van der Waals surface area contributed by atoms with Gasteiger partial charge in [-0.15, -0.1) is 0 Å². The van der Waals surface area contributed by atoms with Crippen molar-refractivity contribution in [3.8, 4) is 0 Å². The van der Waals surface area contributed by atoms with Gasteiger partial charge in [0.1, 0.15) is 6.29 Å². The normalized spacial score (nSPS) is 32.6. The second kappa shape index (κ2) is 4.04. The van der Waals surface area contributed by atoms with E-state index in [9.17, 15) is 4.79 Å². The van der Waals surface area contributed by atoms with Gasteiger partial charge in [-0.3, -0.25) is 0 Å². The van der Waals surface area contributed by atoms with Crippen LogP contribution >= 0.6 is 0 Å². The van der Waals surface area contributed by atoms with Gasteiger partial charge in [0.05, 0.1) is 6.10 Å². The van der Waals surface area contributed by atoms with E-state index in [2.05, 4.69) is 13.8 Å². The number of hydrogen-bond donors (Lipinski definition) is 0. The van der Waals surface area contributed by atoms with Crippen LogP contribution in [0.1, 0.15) is 26.7 Å². The Morgan fingerprint density at radius 1 is 1.67 bits per heavy atom. The van der Waals surface area contributed by atoms with E-state index in [4.69, 9.17) is 4.74 Å². The second-order valence-electron chi connectivity index (χ2n) is 3.74. The lowest BCUT2D eigenvalue weighted by Crippen LogP contribution is -2.21. The maximum Gasteiger partial charge on any atom is 0.123 e. The Labute approximate surface area is 74.3 Å². The zero-order valence-electron chi connectivity index (χ0n) is 8.12. The first kappa shape index (κ1) is 9.72. The van der Waals surface area contributed by atoms with Crippen LogP contribution in [0.3, 0.4) is 0 Å². The SMILES string of the molecule is CC[C@H](OC)[C@@H](C)[C@H]1C[C@@H]1C=O. The molecule has 4 atom stereocenters. The fourth-order valence-corrected chi connectivity index (χ4v) is 2.03. The molecular formula is C10H18O2. The number of hydrogen-bond acceptors (Lipinski definition) is 2. The molecule has 1 saturated carbocycles. The monoisotopic (exact) mass is 170 g/mol. The molecule has 1 rings (SSSR count). The van der Waals surface area contributed by atoms with Crippen LogP contribution in [0.15, 0.2) is 0 Å². The summed E-state index contributed by atoms with van der Waals surface area (Å²) in [6.07, 6.45) is 3.54. The van der Waals surface area contributed by atoms with E-state index in [-0.39, 0.29) is 0 Å². The number of methoxy groups -OCH3 is 1. The highest BCUT2D eigenvalue weighted by Gasteiger charge is 2.43. The molecule has 0 unspecified atom stereocenters. The summed E-state index contributed by atoms with van der Waals surface area (Å²) in [6, 6.07) is 0. The first-order valence-corrected chi connectivity index (χ1v) is 4.72. The average molecular weight is 170 g/mol. The molecular weight excluding hydrogens is 152 g/mol. The molecule has 0 heterocycles. The number of ether oxygens (including phenoxy) is 1. The van der Waals surface area contributed by atoms with E-state index in [1.807, 2.05) is 0 Å². The van der Waals surface area contributed by atoms with Gasteiger partial charge in [0.15, 0.2) is 0 Å². The molecule has 12 heavy (non-hydrogen) atoms. The van der Waals surface area contributed by atoms with E-state index in [0.29, 0.717) is 23.9 Å². The minimum Gasteiger partial charge on any atom is -0.381 e. The van der Waals surface area contributed by atoms with Crippen molar-refractivity contribution in [1.29, 1.82) is 0 Å². The number of carbonyl (C=O) groups is 1. The van der Waals surface area contributed by atoms with Crippen molar-refractivity contribution in [2.24, 2.45) is 17.8 Å². The van der Waals surface area contributed by atoms with E-state index in [1.165, 1.54) is 0 Å². The Hall–Kier alpha value is -0.370. The molecule has 0 N–H and O–H groups in total. The zero-order valence-corrected chi connectivity index (χ0v) is 8.12. The third-order valence-corrected chi connectivity index (χ3v) is 3.03. The van der Waals surface area contributed by atoms with Crippen molar-refractivity contribution in [1.82, 2.24) is 0 Å². The van der Waals surface area contributed by atoms with Gasteiger partial charge in [-0.2, -0.15) is 0 Å². The summed E-state index contributed by atoms with van der Waals surface area (Å²) in [7, 11) is 1.75. The summed E-state index contributed by atoms with van der Waals surface area (Å²) < 4.78 is 5.34. The van der Waals surface area contributed by atoms with Gasteiger partial charge in [0, 0.05) is 13.0 Å². The average Bonchev–Trinajstić information content (AvgIpc) is 2.85. The lowest BCUT2D eigenvalue weighted by Gasteiger charge is -2.20. The van der Waals surface area contributed by atoms with Crippen molar-refractivity contribution < 1.29 is 9.53 Å². The highest BCUT2D eigenvalue weighted by molar-refractivity contribution is 5.58. The Balaban J connectivity index is 2.36. The minimum absolute atomic E-state index is 0.323. The lowest BCUT2D eigenvalue weighted by molar-refractivity contribution is -0.109. The highest BCUT2D eigenvalue weighted by Crippen LogP contribution is 2.44. The molecule has 0 aromatic heterocycles. The number of aldehydes is 1. The third-order valence-electron chi connectivity index (χ3n) is 3.03. The molecule has 2 nitrogen and oxygen atoms in total. The van der Waals surface area contributed by atoms with Crippen molar-refractivity contribution in [2.75, 3.05) is 7.11 Å². The first-order chi connectivity index (χ1) is 5.74. The third kappa shape index (κ3) is 1.86. The quantitative estimate of drug-likeness (QED) is 0.589. The fraction of sp³-hybridized carbons (Fsp3) is 0.900. The predicted octanol–water partition coefficient (Wildman–Crippen LogP) is 1.88. The maximum absolute atomic E-state index is 10.4. The summed E-state index contributed by atoms with van der Waals surface area (Å²) in [6.45, 7) is 4.31. The van der Waals surface area contributed by atoms with Crippen molar-refractivity contribution >= 4 is 6.29 Å². The molecule has 0 bridgehead atoms. The van der Waals surface area contributed by atoms with Crippen LogP contribution < -0.4 is 0 Å². The van der Waals surface area contributed by atoms with Gasteiger partial charge in [-0.25, -0.2) is 0 Å². The van der Waals surface area contributed by atoms with Gasteiger partial charge in [0.2, 0.25) is 0 Å². The summed E-state index contributed by atoms with van der Waals surface area (Å²) in [5.41, 5.74) is 0. The van der Waals surface area contributed by atoms with Crippen molar-refractivity contribution in [2.45, 2.75) is 32.8 Å². The second-order valence-corrected chi connectivity index (χ2v) is 3.74. The fourth-order valence-electron chi connectivity index (χ4n) is 2.03. The van der Waals surface area contributed by atoms with E-state index in [1.54, 1.807) is 7.11 Å². The summed E-state index contributed by atoms with van der Waals surface area (Å²) in [4.78, 5) is 10.4. The molecule has 0 spiro atoms. The van der Waals surface area contributed by atoms with Crippen molar-refractivity contribution in [3.63, 3.8) is 0 Å². The number of carbonyl (C=O) groups excluding carboxylic acids is 1. The van der Waals surface area contributed by atoms with Crippen LogP contribution in [0.5, 0.6) is 0 Å². The largest absolute Gasteiger partial charge is 0.381 e. The van der Waals surface area contributed by atoms with E-state index < -0.39 is 0 Å². The molecule has 0 saturated heterocycles.